The van der Waals surface area contributed by atoms with Gasteiger partial charge in [-0.05, 0) is 29.2 Å². The van der Waals surface area contributed by atoms with Gasteiger partial charge in [-0.3, -0.25) is 0 Å². The second-order valence-corrected chi connectivity index (χ2v) is 5.40. The van der Waals surface area contributed by atoms with Crippen LogP contribution in [0.25, 0.3) is 0 Å². The second-order valence-electron chi connectivity index (χ2n) is 5.40. The number of hydrogen-bond donors (Lipinski definition) is 2. The highest BCUT2D eigenvalue weighted by molar-refractivity contribution is 5.39. The first-order valence-electron chi connectivity index (χ1n) is 7.50. The molecule has 1 atom stereocenters. The van der Waals surface area contributed by atoms with Gasteiger partial charge < -0.3 is 15.2 Å². The molecule has 3 rings (SSSR count). The average molecular weight is 283 g/mol. The summed E-state index contributed by atoms with van der Waals surface area (Å²) in [6, 6.07) is 16.9. The SMILES string of the molecule is OCC[C@@H](NCc1ccc2c(c1)CCO2)c1ccccc1. The van der Waals surface area contributed by atoms with E-state index < -0.39 is 0 Å². The molecule has 1 aliphatic rings. The van der Waals surface area contributed by atoms with E-state index in [2.05, 4.69) is 35.6 Å². The van der Waals surface area contributed by atoms with Gasteiger partial charge in [-0.1, -0.05) is 42.5 Å². The maximum Gasteiger partial charge on any atom is 0.122 e. The largest absolute Gasteiger partial charge is 0.493 e. The zero-order chi connectivity index (χ0) is 14.5. The van der Waals surface area contributed by atoms with E-state index in [1.165, 1.54) is 16.7 Å². The number of rotatable bonds is 6. The number of benzene rings is 2. The lowest BCUT2D eigenvalue weighted by atomic mass is 10.0. The molecule has 0 amide bonds. The van der Waals surface area contributed by atoms with Crippen molar-refractivity contribution in [2.75, 3.05) is 13.2 Å². The predicted octanol–water partition coefficient (Wildman–Crippen LogP) is 2.83. The van der Waals surface area contributed by atoms with Crippen LogP contribution >= 0.6 is 0 Å². The van der Waals surface area contributed by atoms with Crippen LogP contribution in [0.2, 0.25) is 0 Å². The van der Waals surface area contributed by atoms with Crippen molar-refractivity contribution in [3.63, 3.8) is 0 Å². The highest BCUT2D eigenvalue weighted by Gasteiger charge is 2.13. The van der Waals surface area contributed by atoms with Gasteiger partial charge in [0.2, 0.25) is 0 Å². The van der Waals surface area contributed by atoms with Gasteiger partial charge in [0.05, 0.1) is 6.61 Å². The summed E-state index contributed by atoms with van der Waals surface area (Å²) in [6.07, 6.45) is 1.72. The number of nitrogens with one attached hydrogen (secondary N) is 1. The highest BCUT2D eigenvalue weighted by Crippen LogP contribution is 2.26. The van der Waals surface area contributed by atoms with E-state index in [1.54, 1.807) is 0 Å². The predicted molar refractivity (Wildman–Crippen MR) is 83.4 cm³/mol. The number of aliphatic hydroxyl groups is 1. The molecule has 3 heteroatoms. The molecule has 1 aliphatic heterocycles. The quantitative estimate of drug-likeness (QED) is 0.856. The van der Waals surface area contributed by atoms with Crippen LogP contribution in [0, 0.1) is 0 Å². The number of hydrogen-bond acceptors (Lipinski definition) is 3. The fraction of sp³-hybridized carbons (Fsp3) is 0.333. The van der Waals surface area contributed by atoms with Crippen molar-refractivity contribution in [3.8, 4) is 5.75 Å². The van der Waals surface area contributed by atoms with Crippen molar-refractivity contribution in [1.29, 1.82) is 0 Å². The molecular formula is C18H21NO2. The maximum absolute atomic E-state index is 9.27. The number of fused-ring (bicyclic) bond motifs is 1. The molecule has 0 bridgehead atoms. The molecule has 0 unspecified atom stereocenters. The average Bonchev–Trinajstić information content (AvgIpc) is 3.00. The van der Waals surface area contributed by atoms with Crippen LogP contribution in [0.3, 0.4) is 0 Å². The lowest BCUT2D eigenvalue weighted by molar-refractivity contribution is 0.265. The standard InChI is InChI=1S/C18H21NO2/c20-10-8-17(15-4-2-1-3-5-15)19-13-14-6-7-18-16(12-14)9-11-21-18/h1-7,12,17,19-20H,8-11,13H2/t17-/m1/s1. The Balaban J connectivity index is 1.67. The summed E-state index contributed by atoms with van der Waals surface area (Å²) in [6.45, 7) is 1.78. The number of aliphatic hydroxyl groups excluding tert-OH is 1. The molecular weight excluding hydrogens is 262 g/mol. The molecule has 0 aromatic heterocycles. The third-order valence-corrected chi connectivity index (χ3v) is 3.93. The fourth-order valence-corrected chi connectivity index (χ4v) is 2.79. The van der Waals surface area contributed by atoms with Crippen molar-refractivity contribution in [2.24, 2.45) is 0 Å². The molecule has 2 aromatic rings. The molecule has 1 heterocycles. The first-order chi connectivity index (χ1) is 10.4. The molecule has 110 valence electrons. The van der Waals surface area contributed by atoms with Crippen LogP contribution in [-0.4, -0.2) is 18.3 Å². The molecule has 21 heavy (non-hydrogen) atoms. The Morgan fingerprint density at radius 3 is 2.81 bits per heavy atom. The van der Waals surface area contributed by atoms with Crippen LogP contribution in [0.5, 0.6) is 5.75 Å². The molecule has 0 saturated carbocycles. The van der Waals surface area contributed by atoms with Gasteiger partial charge >= 0.3 is 0 Å². The highest BCUT2D eigenvalue weighted by atomic mass is 16.5. The zero-order valence-electron chi connectivity index (χ0n) is 12.1. The Hall–Kier alpha value is -1.84. The van der Waals surface area contributed by atoms with E-state index in [9.17, 15) is 5.11 Å². The Bertz CT molecular complexity index is 583. The van der Waals surface area contributed by atoms with Crippen molar-refractivity contribution in [1.82, 2.24) is 5.32 Å². The van der Waals surface area contributed by atoms with Gasteiger partial charge in [-0.25, -0.2) is 0 Å². The normalized spacial score (nSPS) is 14.5. The van der Waals surface area contributed by atoms with Gasteiger partial charge in [0.15, 0.2) is 0 Å². The second kappa shape index (κ2) is 6.74. The number of ether oxygens (including phenoxy) is 1. The molecule has 2 N–H and O–H groups in total. The van der Waals surface area contributed by atoms with E-state index in [-0.39, 0.29) is 12.6 Å². The van der Waals surface area contributed by atoms with Gasteiger partial charge in [-0.15, -0.1) is 0 Å². The first-order valence-corrected chi connectivity index (χ1v) is 7.50. The minimum absolute atomic E-state index is 0.181. The molecule has 0 spiro atoms. The zero-order valence-corrected chi connectivity index (χ0v) is 12.1. The first kappa shape index (κ1) is 14.1. The minimum atomic E-state index is 0.181. The van der Waals surface area contributed by atoms with E-state index in [1.807, 2.05) is 18.2 Å². The van der Waals surface area contributed by atoms with Crippen molar-refractivity contribution >= 4 is 0 Å². The lowest BCUT2D eigenvalue weighted by Gasteiger charge is -2.18. The maximum atomic E-state index is 9.27. The van der Waals surface area contributed by atoms with Crippen LogP contribution in [0.4, 0.5) is 0 Å². The van der Waals surface area contributed by atoms with Crippen LogP contribution < -0.4 is 10.1 Å². The van der Waals surface area contributed by atoms with E-state index >= 15 is 0 Å². The van der Waals surface area contributed by atoms with Gasteiger partial charge in [-0.2, -0.15) is 0 Å². The van der Waals surface area contributed by atoms with E-state index in [0.29, 0.717) is 0 Å². The Morgan fingerprint density at radius 2 is 2.00 bits per heavy atom. The van der Waals surface area contributed by atoms with Crippen LogP contribution in [0.1, 0.15) is 29.2 Å². The monoisotopic (exact) mass is 283 g/mol. The summed E-state index contributed by atoms with van der Waals surface area (Å²) in [5.41, 5.74) is 3.78. The fourth-order valence-electron chi connectivity index (χ4n) is 2.79. The lowest BCUT2D eigenvalue weighted by Crippen LogP contribution is -2.22. The topological polar surface area (TPSA) is 41.5 Å². The van der Waals surface area contributed by atoms with Crippen LogP contribution in [-0.2, 0) is 13.0 Å². The molecule has 0 radical (unpaired) electrons. The Kier molecular flexibility index (Phi) is 4.53. The third kappa shape index (κ3) is 3.43. The third-order valence-electron chi connectivity index (χ3n) is 3.93. The van der Waals surface area contributed by atoms with Crippen molar-refractivity contribution in [2.45, 2.75) is 25.4 Å². The Morgan fingerprint density at radius 1 is 1.14 bits per heavy atom. The molecule has 3 nitrogen and oxygen atoms in total. The summed E-state index contributed by atoms with van der Waals surface area (Å²) in [5.74, 6) is 1.02. The van der Waals surface area contributed by atoms with Crippen LogP contribution in [0.15, 0.2) is 48.5 Å². The molecule has 0 aliphatic carbocycles. The van der Waals surface area contributed by atoms with E-state index in [0.717, 1.165) is 31.7 Å². The summed E-state index contributed by atoms with van der Waals surface area (Å²) in [7, 11) is 0. The molecule has 2 aromatic carbocycles. The van der Waals surface area contributed by atoms with Crippen molar-refractivity contribution in [3.05, 3.63) is 65.2 Å². The van der Waals surface area contributed by atoms with E-state index in [4.69, 9.17) is 4.74 Å². The minimum Gasteiger partial charge on any atom is -0.493 e. The van der Waals surface area contributed by atoms with Gasteiger partial charge in [0, 0.05) is 25.6 Å². The molecule has 0 fully saturated rings. The smallest absolute Gasteiger partial charge is 0.122 e. The summed E-state index contributed by atoms with van der Waals surface area (Å²) in [5, 5.41) is 12.8. The molecule has 0 saturated heterocycles. The van der Waals surface area contributed by atoms with Crippen molar-refractivity contribution < 1.29 is 9.84 Å². The van der Waals surface area contributed by atoms with Gasteiger partial charge in [0.1, 0.15) is 5.75 Å². The summed E-state index contributed by atoms with van der Waals surface area (Å²) < 4.78 is 5.53. The summed E-state index contributed by atoms with van der Waals surface area (Å²) >= 11 is 0. The summed E-state index contributed by atoms with van der Waals surface area (Å²) in [4.78, 5) is 0. The van der Waals surface area contributed by atoms with Gasteiger partial charge in [0.25, 0.3) is 0 Å². The Labute approximate surface area is 125 Å².